The van der Waals surface area contributed by atoms with Crippen molar-refractivity contribution in [3.8, 4) is 5.75 Å². The van der Waals surface area contributed by atoms with E-state index in [1.807, 2.05) is 37.3 Å². The van der Waals surface area contributed by atoms with Crippen LogP contribution >= 0.6 is 11.8 Å². The SMILES string of the molecule is COC(=O)c1c(Sc2cccc(OC)c2)cc(C)c([Se]c2ccccc2)c1C. The van der Waals surface area contributed by atoms with Gasteiger partial charge in [0, 0.05) is 0 Å². The van der Waals surface area contributed by atoms with Crippen molar-refractivity contribution >= 4 is 41.6 Å². The van der Waals surface area contributed by atoms with Gasteiger partial charge in [0.05, 0.1) is 0 Å². The summed E-state index contributed by atoms with van der Waals surface area (Å²) in [4.78, 5) is 14.6. The van der Waals surface area contributed by atoms with Crippen LogP contribution in [0, 0.1) is 13.8 Å². The van der Waals surface area contributed by atoms with Gasteiger partial charge < -0.3 is 0 Å². The number of carbonyl (C=O) groups is 1. The molecular weight excluding hydrogens is 435 g/mol. The third kappa shape index (κ3) is 4.61. The number of carbonyl (C=O) groups excluding carboxylic acids is 1. The molecule has 28 heavy (non-hydrogen) atoms. The Kier molecular flexibility index (Phi) is 6.84. The normalized spacial score (nSPS) is 10.6. The Hall–Kier alpha value is -2.20. The number of esters is 1. The van der Waals surface area contributed by atoms with Gasteiger partial charge >= 0.3 is 177 Å². The molecule has 0 aliphatic rings. The summed E-state index contributed by atoms with van der Waals surface area (Å²) in [7, 11) is 3.09. The molecule has 0 saturated carbocycles. The van der Waals surface area contributed by atoms with Crippen LogP contribution in [0.4, 0.5) is 0 Å². The van der Waals surface area contributed by atoms with Crippen LogP contribution in [0.5, 0.6) is 5.75 Å². The van der Waals surface area contributed by atoms with E-state index in [0.29, 0.717) is 5.56 Å². The first-order valence-corrected chi connectivity index (χ1v) is 11.3. The molecule has 0 aliphatic carbocycles. The standard InChI is InChI=1S/C23H22O3SSe/c1-15-13-20(27-18-10-8-9-17(14-18)25-3)21(23(24)26-4)16(2)22(15)28-19-11-6-5-7-12-19/h5-14H,1-4H3. The van der Waals surface area contributed by atoms with E-state index in [0.717, 1.165) is 21.1 Å². The average Bonchev–Trinajstić information content (AvgIpc) is 2.71. The molecule has 0 bridgehead atoms. The molecule has 0 aliphatic heterocycles. The molecule has 0 amide bonds. The van der Waals surface area contributed by atoms with Gasteiger partial charge in [0.1, 0.15) is 0 Å². The van der Waals surface area contributed by atoms with Crippen LogP contribution in [0.15, 0.2) is 70.5 Å². The Bertz CT molecular complexity index is 987. The van der Waals surface area contributed by atoms with Gasteiger partial charge in [-0.1, -0.05) is 0 Å². The van der Waals surface area contributed by atoms with Crippen molar-refractivity contribution in [1.82, 2.24) is 0 Å². The third-order valence-electron chi connectivity index (χ3n) is 4.29. The van der Waals surface area contributed by atoms with Gasteiger partial charge in [-0.3, -0.25) is 0 Å². The summed E-state index contributed by atoms with van der Waals surface area (Å²) in [5, 5.41) is 0. The summed E-state index contributed by atoms with van der Waals surface area (Å²) in [5.74, 6) is 0.495. The molecule has 3 nitrogen and oxygen atoms in total. The Labute approximate surface area is 176 Å². The second-order valence-corrected chi connectivity index (χ2v) is 9.60. The van der Waals surface area contributed by atoms with E-state index in [1.54, 1.807) is 18.9 Å². The van der Waals surface area contributed by atoms with Gasteiger partial charge in [-0.05, 0) is 0 Å². The van der Waals surface area contributed by atoms with Crippen LogP contribution < -0.4 is 13.7 Å². The van der Waals surface area contributed by atoms with E-state index in [1.165, 1.54) is 21.6 Å². The minimum atomic E-state index is -0.298. The molecular formula is C23H22O3SSe. The fourth-order valence-electron chi connectivity index (χ4n) is 2.92. The van der Waals surface area contributed by atoms with Crippen LogP contribution in [-0.2, 0) is 4.74 Å². The number of rotatable bonds is 6. The zero-order valence-electron chi connectivity index (χ0n) is 16.3. The average molecular weight is 457 g/mol. The van der Waals surface area contributed by atoms with E-state index < -0.39 is 0 Å². The minimum absolute atomic E-state index is 0.122. The Balaban J connectivity index is 2.05. The Morgan fingerprint density at radius 1 is 0.964 bits per heavy atom. The van der Waals surface area contributed by atoms with Crippen LogP contribution in [0.3, 0.4) is 0 Å². The molecule has 0 aromatic heterocycles. The summed E-state index contributed by atoms with van der Waals surface area (Å²) in [6.45, 7) is 4.14. The second-order valence-electron chi connectivity index (χ2n) is 6.21. The fraction of sp³-hybridized carbons (Fsp3) is 0.174. The van der Waals surface area contributed by atoms with Crippen molar-refractivity contribution in [2.45, 2.75) is 23.6 Å². The molecule has 0 heterocycles. The molecule has 3 rings (SSSR count). The molecule has 5 heteroatoms. The molecule has 0 saturated heterocycles. The van der Waals surface area contributed by atoms with Crippen molar-refractivity contribution < 1.29 is 14.3 Å². The zero-order valence-corrected chi connectivity index (χ0v) is 18.8. The Morgan fingerprint density at radius 3 is 2.39 bits per heavy atom. The quantitative estimate of drug-likeness (QED) is 0.416. The number of benzene rings is 3. The predicted molar refractivity (Wildman–Crippen MR) is 116 cm³/mol. The van der Waals surface area contributed by atoms with E-state index in [9.17, 15) is 4.79 Å². The maximum absolute atomic E-state index is 12.6. The summed E-state index contributed by atoms with van der Waals surface area (Å²) in [5.41, 5.74) is 2.84. The van der Waals surface area contributed by atoms with Crippen molar-refractivity contribution in [2.24, 2.45) is 0 Å². The summed E-state index contributed by atoms with van der Waals surface area (Å²) >= 11 is 1.68. The molecule has 0 N–H and O–H groups in total. The third-order valence-corrected chi connectivity index (χ3v) is 8.13. The zero-order chi connectivity index (χ0) is 20.1. The predicted octanol–water partition coefficient (Wildman–Crippen LogP) is 3.90. The maximum atomic E-state index is 12.6. The van der Waals surface area contributed by atoms with Crippen LogP contribution in [-0.4, -0.2) is 35.1 Å². The Morgan fingerprint density at radius 2 is 1.71 bits per heavy atom. The van der Waals surface area contributed by atoms with Crippen LogP contribution in [0.2, 0.25) is 0 Å². The van der Waals surface area contributed by atoms with Gasteiger partial charge in [0.15, 0.2) is 0 Å². The first-order valence-electron chi connectivity index (χ1n) is 8.80. The monoisotopic (exact) mass is 458 g/mol. The number of hydrogen-bond donors (Lipinski definition) is 0. The van der Waals surface area contributed by atoms with Gasteiger partial charge in [-0.2, -0.15) is 0 Å². The van der Waals surface area contributed by atoms with E-state index in [4.69, 9.17) is 9.47 Å². The van der Waals surface area contributed by atoms with Crippen LogP contribution in [0.25, 0.3) is 0 Å². The van der Waals surface area contributed by atoms with Crippen LogP contribution in [0.1, 0.15) is 21.5 Å². The van der Waals surface area contributed by atoms with Gasteiger partial charge in [0.25, 0.3) is 0 Å². The molecule has 3 aromatic carbocycles. The summed E-state index contributed by atoms with van der Waals surface area (Å²) < 4.78 is 13.0. The van der Waals surface area contributed by atoms with Gasteiger partial charge in [0.2, 0.25) is 0 Å². The van der Waals surface area contributed by atoms with Crippen molar-refractivity contribution in [2.75, 3.05) is 14.2 Å². The van der Waals surface area contributed by atoms with E-state index in [-0.39, 0.29) is 20.9 Å². The second kappa shape index (κ2) is 9.33. The fourth-order valence-corrected chi connectivity index (χ4v) is 6.18. The van der Waals surface area contributed by atoms with Gasteiger partial charge in [-0.25, -0.2) is 0 Å². The van der Waals surface area contributed by atoms with Crippen molar-refractivity contribution in [1.29, 1.82) is 0 Å². The molecule has 0 unspecified atom stereocenters. The topological polar surface area (TPSA) is 35.5 Å². The molecule has 3 aromatic rings. The molecule has 144 valence electrons. The molecule has 0 spiro atoms. The number of aryl methyl sites for hydroxylation is 1. The van der Waals surface area contributed by atoms with E-state index >= 15 is 0 Å². The molecule has 0 atom stereocenters. The molecule has 0 fully saturated rings. The first kappa shape index (κ1) is 20.5. The summed E-state index contributed by atoms with van der Waals surface area (Å²) in [6.07, 6.45) is 0. The number of hydrogen-bond acceptors (Lipinski definition) is 4. The summed E-state index contributed by atoms with van der Waals surface area (Å²) in [6, 6.07) is 20.3. The van der Waals surface area contributed by atoms with Crippen molar-refractivity contribution in [3.63, 3.8) is 0 Å². The van der Waals surface area contributed by atoms with Crippen molar-refractivity contribution in [3.05, 3.63) is 77.4 Å². The number of methoxy groups -OCH3 is 2. The number of ether oxygens (including phenoxy) is 2. The van der Waals surface area contributed by atoms with E-state index in [2.05, 4.69) is 37.3 Å². The molecule has 0 radical (unpaired) electrons. The first-order chi connectivity index (χ1) is 13.5. The van der Waals surface area contributed by atoms with Gasteiger partial charge in [-0.15, -0.1) is 0 Å².